The molecule has 0 bridgehead atoms. The highest BCUT2D eigenvalue weighted by Gasteiger charge is 2.35. The van der Waals surface area contributed by atoms with Crippen molar-refractivity contribution < 1.29 is 18.0 Å². The monoisotopic (exact) mass is 643 g/mol. The molecule has 3 aromatic rings. The van der Waals surface area contributed by atoms with Gasteiger partial charge in [-0.05, 0) is 48.6 Å². The molecule has 1 saturated carbocycles. The molecule has 230 valence electrons. The number of para-hydroxylation sites is 1. The quantitative estimate of drug-likeness (QED) is 0.247. The minimum Gasteiger partial charge on any atom is -0.352 e. The molecule has 3 aromatic carbocycles. The third-order valence-corrected chi connectivity index (χ3v) is 9.77. The lowest BCUT2D eigenvalue weighted by Crippen LogP contribution is -2.55. The van der Waals surface area contributed by atoms with E-state index in [1.54, 1.807) is 30.3 Å². The molecule has 10 heteroatoms. The molecule has 1 N–H and O–H groups in total. The van der Waals surface area contributed by atoms with Gasteiger partial charge in [0.25, 0.3) is 0 Å². The van der Waals surface area contributed by atoms with Crippen LogP contribution in [0.5, 0.6) is 0 Å². The fraction of sp³-hybridized carbons (Fsp3) is 0.394. The van der Waals surface area contributed by atoms with E-state index in [4.69, 9.17) is 23.2 Å². The standard InChI is InChI=1S/C33H39Cl2N3O4S/c1-3-25-15-10-11-20-30(25)38(43(2,41)42)23-32(39)37(22-27-28(34)18-12-19-29(27)35)31(21-24-13-6-4-7-14-24)33(40)36-26-16-8-5-9-17-26/h4,6-7,10-15,18-20,26,31H,3,5,8-9,16-17,21-23H2,1-2H3,(H,36,40). The maximum atomic E-state index is 14.4. The summed E-state index contributed by atoms with van der Waals surface area (Å²) in [7, 11) is -3.86. The zero-order chi connectivity index (χ0) is 31.0. The largest absolute Gasteiger partial charge is 0.352 e. The number of rotatable bonds is 12. The number of halogens is 2. The van der Waals surface area contributed by atoms with Crippen LogP contribution in [-0.4, -0.2) is 50.0 Å². The zero-order valence-electron chi connectivity index (χ0n) is 24.6. The van der Waals surface area contributed by atoms with Crippen LogP contribution in [-0.2, 0) is 39.0 Å². The molecule has 2 amide bonds. The van der Waals surface area contributed by atoms with Crippen LogP contribution in [0.15, 0.2) is 72.8 Å². The first-order valence-corrected chi connectivity index (χ1v) is 17.3. The van der Waals surface area contributed by atoms with Crippen LogP contribution in [0.3, 0.4) is 0 Å². The fourth-order valence-electron chi connectivity index (χ4n) is 5.60. The number of hydrogen-bond donors (Lipinski definition) is 1. The third-order valence-electron chi connectivity index (χ3n) is 7.93. The molecule has 7 nitrogen and oxygen atoms in total. The number of nitrogens with one attached hydrogen (secondary N) is 1. The third kappa shape index (κ3) is 8.74. The topological polar surface area (TPSA) is 86.8 Å². The molecular formula is C33H39Cl2N3O4S. The number of carbonyl (C=O) groups is 2. The Morgan fingerprint density at radius 2 is 1.53 bits per heavy atom. The van der Waals surface area contributed by atoms with Crippen LogP contribution < -0.4 is 9.62 Å². The second kappa shape index (κ2) is 15.1. The molecule has 0 radical (unpaired) electrons. The van der Waals surface area contributed by atoms with Gasteiger partial charge in [-0.25, -0.2) is 8.42 Å². The van der Waals surface area contributed by atoms with E-state index in [2.05, 4.69) is 5.32 Å². The average Bonchev–Trinajstić information content (AvgIpc) is 2.99. The molecule has 1 aliphatic rings. The highest BCUT2D eigenvalue weighted by molar-refractivity contribution is 7.92. The summed E-state index contributed by atoms with van der Waals surface area (Å²) >= 11 is 13.1. The lowest BCUT2D eigenvalue weighted by Gasteiger charge is -2.35. The van der Waals surface area contributed by atoms with Gasteiger partial charge >= 0.3 is 0 Å². The van der Waals surface area contributed by atoms with Crippen molar-refractivity contribution in [3.05, 3.63) is 99.5 Å². The molecular weight excluding hydrogens is 605 g/mol. The molecule has 0 aromatic heterocycles. The van der Waals surface area contributed by atoms with Crippen LogP contribution in [0, 0.1) is 0 Å². The van der Waals surface area contributed by atoms with E-state index in [0.717, 1.165) is 53.8 Å². The number of sulfonamides is 1. The zero-order valence-corrected chi connectivity index (χ0v) is 27.0. The second-order valence-corrected chi connectivity index (χ2v) is 13.7. The Bertz CT molecular complexity index is 1490. The van der Waals surface area contributed by atoms with Crippen LogP contribution in [0.25, 0.3) is 0 Å². The molecule has 1 fully saturated rings. The smallest absolute Gasteiger partial charge is 0.244 e. The van der Waals surface area contributed by atoms with Gasteiger partial charge in [0.05, 0.1) is 11.9 Å². The fourth-order valence-corrected chi connectivity index (χ4v) is 7.00. The lowest BCUT2D eigenvalue weighted by atomic mass is 9.94. The molecule has 0 spiro atoms. The summed E-state index contributed by atoms with van der Waals surface area (Å²) < 4.78 is 27.4. The highest BCUT2D eigenvalue weighted by atomic mass is 35.5. The minimum atomic E-state index is -3.86. The van der Waals surface area contributed by atoms with Gasteiger partial charge in [-0.1, -0.05) is 104 Å². The molecule has 4 rings (SSSR count). The van der Waals surface area contributed by atoms with Crippen molar-refractivity contribution in [3.63, 3.8) is 0 Å². The molecule has 0 heterocycles. The molecule has 1 atom stereocenters. The summed E-state index contributed by atoms with van der Waals surface area (Å²) in [6.45, 7) is 1.37. The Labute approximate surface area is 265 Å². The summed E-state index contributed by atoms with van der Waals surface area (Å²) in [5.41, 5.74) is 2.58. The van der Waals surface area contributed by atoms with Gasteiger partial charge in [0.15, 0.2) is 0 Å². The van der Waals surface area contributed by atoms with Crippen LogP contribution in [0.2, 0.25) is 10.0 Å². The number of aryl methyl sites for hydroxylation is 1. The van der Waals surface area contributed by atoms with Crippen LogP contribution >= 0.6 is 23.2 Å². The molecule has 0 saturated heterocycles. The number of amides is 2. The molecule has 0 aliphatic heterocycles. The second-order valence-electron chi connectivity index (χ2n) is 11.0. The summed E-state index contributed by atoms with van der Waals surface area (Å²) in [6.07, 6.45) is 6.86. The van der Waals surface area contributed by atoms with Crippen molar-refractivity contribution in [2.45, 2.75) is 70.5 Å². The molecule has 43 heavy (non-hydrogen) atoms. The first-order chi connectivity index (χ1) is 20.6. The van der Waals surface area contributed by atoms with E-state index in [1.807, 2.05) is 49.4 Å². The predicted molar refractivity (Wildman–Crippen MR) is 174 cm³/mol. The first-order valence-electron chi connectivity index (χ1n) is 14.7. The molecule has 1 aliphatic carbocycles. The summed E-state index contributed by atoms with van der Waals surface area (Å²) in [5, 5.41) is 3.90. The summed E-state index contributed by atoms with van der Waals surface area (Å²) in [5.74, 6) is -0.820. The number of hydrogen-bond acceptors (Lipinski definition) is 4. The first kappa shape index (κ1) is 32.8. The Morgan fingerprint density at radius 1 is 0.907 bits per heavy atom. The SMILES string of the molecule is CCc1ccccc1N(CC(=O)N(Cc1c(Cl)cccc1Cl)C(Cc1ccccc1)C(=O)NC1CCCCC1)S(C)(=O)=O. The lowest BCUT2D eigenvalue weighted by molar-refractivity contribution is -0.140. The van der Waals surface area contributed by atoms with E-state index in [-0.39, 0.29) is 24.9 Å². The Balaban J connectivity index is 1.77. The van der Waals surface area contributed by atoms with E-state index in [9.17, 15) is 18.0 Å². The van der Waals surface area contributed by atoms with Gasteiger partial charge in [-0.2, -0.15) is 0 Å². The maximum Gasteiger partial charge on any atom is 0.244 e. The van der Waals surface area contributed by atoms with Crippen molar-refractivity contribution in [2.24, 2.45) is 0 Å². The van der Waals surface area contributed by atoms with Gasteiger partial charge in [0.2, 0.25) is 21.8 Å². The van der Waals surface area contributed by atoms with Crippen LogP contribution in [0.1, 0.15) is 55.7 Å². The number of anilines is 1. The van der Waals surface area contributed by atoms with Gasteiger partial charge in [0.1, 0.15) is 12.6 Å². The highest BCUT2D eigenvalue weighted by Crippen LogP contribution is 2.29. The predicted octanol–water partition coefficient (Wildman–Crippen LogP) is 6.41. The van der Waals surface area contributed by atoms with Crippen molar-refractivity contribution in [2.75, 3.05) is 17.1 Å². The number of carbonyl (C=O) groups excluding carboxylic acids is 2. The van der Waals surface area contributed by atoms with Gasteiger partial charge in [-0.3, -0.25) is 13.9 Å². The van der Waals surface area contributed by atoms with Crippen molar-refractivity contribution >= 4 is 50.7 Å². The van der Waals surface area contributed by atoms with Crippen molar-refractivity contribution in [3.8, 4) is 0 Å². The normalized spacial score (nSPS) is 14.6. The van der Waals surface area contributed by atoms with Gasteiger partial charge in [0, 0.05) is 34.6 Å². The van der Waals surface area contributed by atoms with Gasteiger partial charge in [-0.15, -0.1) is 0 Å². The Kier molecular flexibility index (Phi) is 11.5. The minimum absolute atomic E-state index is 0.0179. The van der Waals surface area contributed by atoms with E-state index < -0.39 is 28.5 Å². The van der Waals surface area contributed by atoms with E-state index in [0.29, 0.717) is 27.7 Å². The summed E-state index contributed by atoms with van der Waals surface area (Å²) in [4.78, 5) is 29.9. The van der Waals surface area contributed by atoms with Crippen molar-refractivity contribution in [1.29, 1.82) is 0 Å². The summed E-state index contributed by atoms with van der Waals surface area (Å²) in [6, 6.07) is 20.7. The maximum absolute atomic E-state index is 14.4. The Hall–Kier alpha value is -3.07. The molecule has 1 unspecified atom stereocenters. The van der Waals surface area contributed by atoms with Crippen molar-refractivity contribution in [1.82, 2.24) is 10.2 Å². The van der Waals surface area contributed by atoms with E-state index >= 15 is 0 Å². The van der Waals surface area contributed by atoms with Gasteiger partial charge < -0.3 is 10.2 Å². The number of benzene rings is 3. The average molecular weight is 645 g/mol. The number of nitrogens with zero attached hydrogens (tertiary/aromatic N) is 2. The Morgan fingerprint density at radius 3 is 2.16 bits per heavy atom. The van der Waals surface area contributed by atoms with Crippen LogP contribution in [0.4, 0.5) is 5.69 Å². The van der Waals surface area contributed by atoms with E-state index in [1.165, 1.54) is 4.90 Å².